The Balaban J connectivity index is 0. The molecule has 2 nitrogen and oxygen atoms in total. The van der Waals surface area contributed by atoms with E-state index >= 15 is 0 Å². The van der Waals surface area contributed by atoms with Gasteiger partial charge in [0.15, 0.2) is 8.03 Å². The van der Waals surface area contributed by atoms with Crippen molar-refractivity contribution in [2.24, 2.45) is 0 Å². The molecule has 0 aliphatic rings. The van der Waals surface area contributed by atoms with Gasteiger partial charge in [-0.2, -0.15) is 0 Å². The van der Waals surface area contributed by atoms with Gasteiger partial charge in [0, 0.05) is 22.7 Å². The number of hydrogen-bond acceptors (Lipinski definition) is 1. The Morgan fingerprint density at radius 2 is 1.90 bits per heavy atom. The van der Waals surface area contributed by atoms with Gasteiger partial charge in [-0.05, 0) is 6.42 Å². The molecular formula is C6H15NiO2P. The summed E-state index contributed by atoms with van der Waals surface area (Å²) in [6, 6.07) is 0. The molecule has 1 N–H and O–H groups in total. The van der Waals surface area contributed by atoms with E-state index in [1.807, 2.05) is 0 Å². The van der Waals surface area contributed by atoms with E-state index in [1.165, 1.54) is 12.8 Å². The van der Waals surface area contributed by atoms with Gasteiger partial charge in [-0.25, -0.2) is 0 Å². The summed E-state index contributed by atoms with van der Waals surface area (Å²) < 4.78 is 10.1. The Hall–Kier alpha value is 0.684. The van der Waals surface area contributed by atoms with Crippen molar-refractivity contribution in [3.63, 3.8) is 0 Å². The molecule has 4 heteroatoms. The molecule has 0 rings (SSSR count). The van der Waals surface area contributed by atoms with Gasteiger partial charge in [0.25, 0.3) is 0 Å². The summed E-state index contributed by atoms with van der Waals surface area (Å²) in [5.41, 5.74) is 0. The normalized spacial score (nSPS) is 12.2. The zero-order valence-corrected chi connectivity index (χ0v) is 8.19. The van der Waals surface area contributed by atoms with Crippen LogP contribution in [0.25, 0.3) is 0 Å². The maximum Gasteiger partial charge on any atom is 0.189 e. The molecule has 0 saturated carbocycles. The van der Waals surface area contributed by atoms with Crippen LogP contribution in [0, 0.1) is 0 Å². The molecule has 0 spiro atoms. The minimum absolute atomic E-state index is 0. The van der Waals surface area contributed by atoms with Crippen LogP contribution in [0.1, 0.15) is 32.6 Å². The molecular weight excluding hydrogens is 194 g/mol. The van der Waals surface area contributed by atoms with E-state index in [2.05, 4.69) is 6.92 Å². The second-order valence-electron chi connectivity index (χ2n) is 2.20. The van der Waals surface area contributed by atoms with Gasteiger partial charge >= 0.3 is 0 Å². The third kappa shape index (κ3) is 11.5. The van der Waals surface area contributed by atoms with Crippen molar-refractivity contribution in [3.05, 3.63) is 0 Å². The number of hydrogen-bond donors (Lipinski definition) is 1. The van der Waals surface area contributed by atoms with Gasteiger partial charge in [0.05, 0.1) is 0 Å². The molecule has 0 saturated heterocycles. The molecule has 10 heavy (non-hydrogen) atoms. The van der Waals surface area contributed by atoms with Gasteiger partial charge in [0.1, 0.15) is 0 Å². The smallest absolute Gasteiger partial charge is 0.189 e. The van der Waals surface area contributed by atoms with Crippen molar-refractivity contribution in [2.45, 2.75) is 32.6 Å². The molecule has 0 fully saturated rings. The summed E-state index contributed by atoms with van der Waals surface area (Å²) in [6.45, 7) is 2.13. The maximum atomic E-state index is 10.1. The Morgan fingerprint density at radius 3 is 2.30 bits per heavy atom. The number of unbranched alkanes of at least 4 members (excludes halogenated alkanes) is 3. The Kier molecular flexibility index (Phi) is 12.9. The molecule has 0 aromatic heterocycles. The molecule has 0 radical (unpaired) electrons. The van der Waals surface area contributed by atoms with E-state index in [9.17, 15) is 4.57 Å². The maximum absolute atomic E-state index is 10.1. The molecule has 0 aliphatic heterocycles. The van der Waals surface area contributed by atoms with Crippen molar-refractivity contribution < 1.29 is 25.9 Å². The van der Waals surface area contributed by atoms with Gasteiger partial charge in [-0.1, -0.05) is 26.2 Å². The van der Waals surface area contributed by atoms with E-state index in [0.717, 1.165) is 12.8 Å². The quantitative estimate of drug-likeness (QED) is 0.427. The third-order valence-electron chi connectivity index (χ3n) is 1.24. The average molecular weight is 209 g/mol. The summed E-state index contributed by atoms with van der Waals surface area (Å²) in [7, 11) is -2.17. The van der Waals surface area contributed by atoms with Crippen LogP contribution in [0.15, 0.2) is 0 Å². The summed E-state index contributed by atoms with van der Waals surface area (Å²) in [4.78, 5) is 8.40. The van der Waals surface area contributed by atoms with Crippen LogP contribution < -0.4 is 0 Å². The first kappa shape index (κ1) is 13.3. The molecule has 0 bridgehead atoms. The van der Waals surface area contributed by atoms with E-state index in [-0.39, 0.29) is 16.5 Å². The minimum atomic E-state index is -2.17. The fourth-order valence-corrected chi connectivity index (χ4v) is 1.26. The van der Waals surface area contributed by atoms with Gasteiger partial charge in [-0.3, -0.25) is 4.57 Å². The summed E-state index contributed by atoms with van der Waals surface area (Å²) in [5, 5.41) is 0. The van der Waals surface area contributed by atoms with E-state index in [0.29, 0.717) is 6.16 Å². The van der Waals surface area contributed by atoms with Crippen LogP contribution >= 0.6 is 8.03 Å². The second-order valence-corrected chi connectivity index (χ2v) is 3.49. The van der Waals surface area contributed by atoms with Crippen molar-refractivity contribution in [1.29, 1.82) is 0 Å². The molecule has 0 aromatic carbocycles. The van der Waals surface area contributed by atoms with Crippen LogP contribution in [0.5, 0.6) is 0 Å². The van der Waals surface area contributed by atoms with Crippen LogP contribution in [0.2, 0.25) is 0 Å². The Labute approximate surface area is 73.2 Å². The van der Waals surface area contributed by atoms with E-state index in [1.54, 1.807) is 0 Å². The van der Waals surface area contributed by atoms with Gasteiger partial charge in [0.2, 0.25) is 0 Å². The van der Waals surface area contributed by atoms with Crippen molar-refractivity contribution >= 4 is 8.03 Å². The fourth-order valence-electron chi connectivity index (χ4n) is 0.703. The zero-order chi connectivity index (χ0) is 7.11. The SMILES string of the molecule is CCCCCC[PH](=O)O.[Ni]. The summed E-state index contributed by atoms with van der Waals surface area (Å²) in [5.74, 6) is 0. The standard InChI is InChI=1S/C6H15O2P.Ni/c1-2-3-4-5-6-9(7)8;/h9H,2-6H2,1H3,(H,7,8);. The average Bonchev–Trinajstić information content (AvgIpc) is 1.80. The molecule has 1 atom stereocenters. The second kappa shape index (κ2) is 9.68. The number of rotatable bonds is 5. The monoisotopic (exact) mass is 208 g/mol. The topological polar surface area (TPSA) is 37.3 Å². The third-order valence-corrected chi connectivity index (χ3v) is 2.03. The molecule has 66 valence electrons. The van der Waals surface area contributed by atoms with Crippen LogP contribution in [-0.4, -0.2) is 11.1 Å². The van der Waals surface area contributed by atoms with Crippen LogP contribution in [0.3, 0.4) is 0 Å². The van der Waals surface area contributed by atoms with E-state index < -0.39 is 8.03 Å². The molecule has 1 unspecified atom stereocenters. The van der Waals surface area contributed by atoms with Crippen LogP contribution in [-0.2, 0) is 21.1 Å². The van der Waals surface area contributed by atoms with Crippen molar-refractivity contribution in [1.82, 2.24) is 0 Å². The molecule has 0 amide bonds. The van der Waals surface area contributed by atoms with Gasteiger partial charge in [-0.15, -0.1) is 0 Å². The first-order valence-corrected chi connectivity index (χ1v) is 5.05. The van der Waals surface area contributed by atoms with E-state index in [4.69, 9.17) is 4.89 Å². The Morgan fingerprint density at radius 1 is 1.30 bits per heavy atom. The first-order chi connectivity index (χ1) is 4.27. The predicted molar refractivity (Wildman–Crippen MR) is 40.2 cm³/mol. The largest absolute Gasteiger partial charge is 0.346 e. The zero-order valence-electron chi connectivity index (χ0n) is 6.21. The predicted octanol–water partition coefficient (Wildman–Crippen LogP) is 2.03. The fraction of sp³-hybridized carbons (Fsp3) is 1.00. The summed E-state index contributed by atoms with van der Waals surface area (Å²) >= 11 is 0. The summed E-state index contributed by atoms with van der Waals surface area (Å²) in [6.07, 6.45) is 4.92. The molecule has 0 aromatic rings. The van der Waals surface area contributed by atoms with Crippen molar-refractivity contribution in [3.8, 4) is 0 Å². The van der Waals surface area contributed by atoms with Gasteiger partial charge < -0.3 is 4.89 Å². The van der Waals surface area contributed by atoms with Crippen LogP contribution in [0.4, 0.5) is 0 Å². The minimum Gasteiger partial charge on any atom is -0.346 e. The first-order valence-electron chi connectivity index (χ1n) is 3.49. The van der Waals surface area contributed by atoms with Crippen molar-refractivity contribution in [2.75, 3.05) is 6.16 Å². The Bertz CT molecular complexity index is 87.8. The molecule has 0 aliphatic carbocycles. The molecule has 0 heterocycles.